The van der Waals surface area contributed by atoms with Gasteiger partial charge in [0.25, 0.3) is 0 Å². The van der Waals surface area contributed by atoms with E-state index in [2.05, 4.69) is 15.5 Å². The van der Waals surface area contributed by atoms with Crippen molar-refractivity contribution < 1.29 is 14.3 Å². The first kappa shape index (κ1) is 16.6. The van der Waals surface area contributed by atoms with Gasteiger partial charge in [-0.2, -0.15) is 5.10 Å². The van der Waals surface area contributed by atoms with E-state index in [0.29, 0.717) is 39.6 Å². The molecule has 0 bridgehead atoms. The molecule has 6 nitrogen and oxygen atoms in total. The first-order valence-electron chi connectivity index (χ1n) is 6.68. The van der Waals surface area contributed by atoms with Crippen LogP contribution in [0.15, 0.2) is 22.3 Å². The minimum atomic E-state index is -0.0738. The maximum Gasteiger partial charge on any atom is 0.236 e. The summed E-state index contributed by atoms with van der Waals surface area (Å²) in [6.45, 7) is 2.57. The normalized spacial score (nSPS) is 16.3. The van der Waals surface area contributed by atoms with Crippen LogP contribution in [0, 0.1) is 0 Å². The Balaban J connectivity index is 2.24. The molecule has 1 N–H and O–H groups in total. The zero-order chi connectivity index (χ0) is 15.9. The van der Waals surface area contributed by atoms with Gasteiger partial charge in [0.2, 0.25) is 5.91 Å². The summed E-state index contributed by atoms with van der Waals surface area (Å²) in [5, 5.41) is 11.5. The zero-order valence-corrected chi connectivity index (χ0v) is 13.8. The molecule has 0 aromatic heterocycles. The van der Waals surface area contributed by atoms with E-state index in [1.807, 2.05) is 6.92 Å². The molecule has 8 heteroatoms. The summed E-state index contributed by atoms with van der Waals surface area (Å²) in [6, 6.07) is 3.40. The average Bonchev–Trinajstić information content (AvgIpc) is 2.91. The van der Waals surface area contributed by atoms with Crippen molar-refractivity contribution in [2.75, 3.05) is 19.5 Å². The third-order valence-corrected chi connectivity index (χ3v) is 3.73. The molecule has 1 heterocycles. The molecule has 1 saturated heterocycles. The topological polar surface area (TPSA) is 72.3 Å². The minimum absolute atomic E-state index is 0.0738. The number of ether oxygens (including phenoxy) is 2. The van der Waals surface area contributed by atoms with Crippen LogP contribution in [0.25, 0.3) is 0 Å². The zero-order valence-electron chi connectivity index (χ0n) is 12.3. The monoisotopic (exact) mass is 341 g/mol. The molecule has 1 aromatic rings. The number of hydrogen-bond donors (Lipinski definition) is 1. The van der Waals surface area contributed by atoms with Crippen molar-refractivity contribution in [2.24, 2.45) is 10.2 Å². The van der Waals surface area contributed by atoms with E-state index in [-0.39, 0.29) is 5.91 Å². The largest absolute Gasteiger partial charge is 0.493 e. The van der Waals surface area contributed by atoms with Crippen LogP contribution in [0.4, 0.5) is 0 Å². The lowest BCUT2D eigenvalue weighted by Crippen LogP contribution is -2.19. The lowest BCUT2D eigenvalue weighted by molar-refractivity contribution is -0.116. The molecule has 118 valence electrons. The van der Waals surface area contributed by atoms with Gasteiger partial charge in [-0.25, -0.2) is 0 Å². The fourth-order valence-electron chi connectivity index (χ4n) is 1.72. The molecule has 22 heavy (non-hydrogen) atoms. The van der Waals surface area contributed by atoms with Gasteiger partial charge < -0.3 is 14.8 Å². The van der Waals surface area contributed by atoms with Crippen LogP contribution in [0.2, 0.25) is 5.02 Å². The van der Waals surface area contributed by atoms with Crippen molar-refractivity contribution in [2.45, 2.75) is 13.3 Å². The maximum absolute atomic E-state index is 11.1. The van der Waals surface area contributed by atoms with E-state index in [1.54, 1.807) is 19.2 Å². The van der Waals surface area contributed by atoms with Gasteiger partial charge in [-0.3, -0.25) is 4.79 Å². The second-order valence-electron chi connectivity index (χ2n) is 4.36. The number of carbonyl (C=O) groups is 1. The second kappa shape index (κ2) is 8.05. The molecule has 0 radical (unpaired) electrons. The van der Waals surface area contributed by atoms with Crippen LogP contribution in [-0.2, 0) is 4.79 Å². The van der Waals surface area contributed by atoms with E-state index in [0.717, 1.165) is 6.42 Å². The maximum atomic E-state index is 11.1. The number of carbonyl (C=O) groups excluding carboxylic acids is 1. The van der Waals surface area contributed by atoms with Crippen molar-refractivity contribution in [3.05, 3.63) is 22.7 Å². The van der Waals surface area contributed by atoms with E-state index < -0.39 is 0 Å². The summed E-state index contributed by atoms with van der Waals surface area (Å²) >= 11 is 7.37. The van der Waals surface area contributed by atoms with Crippen molar-refractivity contribution in [3.63, 3.8) is 0 Å². The van der Waals surface area contributed by atoms with Crippen LogP contribution in [-0.4, -0.2) is 36.8 Å². The van der Waals surface area contributed by atoms with Crippen LogP contribution in [0.1, 0.15) is 18.9 Å². The SMILES string of the molecule is CCCOc1c(C=NN=C2NC(=O)CS2)cc(Cl)cc1OC. The fourth-order valence-corrected chi connectivity index (χ4v) is 2.57. The molecule has 0 aliphatic carbocycles. The Hall–Kier alpha value is -1.73. The van der Waals surface area contributed by atoms with Crippen LogP contribution in [0.5, 0.6) is 11.5 Å². The number of amides is 1. The van der Waals surface area contributed by atoms with Crippen molar-refractivity contribution in [3.8, 4) is 11.5 Å². The highest BCUT2D eigenvalue weighted by molar-refractivity contribution is 8.15. The van der Waals surface area contributed by atoms with Gasteiger partial charge in [-0.1, -0.05) is 30.3 Å². The Kier molecular flexibility index (Phi) is 6.09. The summed E-state index contributed by atoms with van der Waals surface area (Å²) in [5.41, 5.74) is 0.663. The number of hydrogen-bond acceptors (Lipinski definition) is 6. The number of nitrogens with one attached hydrogen (secondary N) is 1. The molecule has 0 atom stereocenters. The molecule has 1 aliphatic rings. The molecule has 2 rings (SSSR count). The van der Waals surface area contributed by atoms with Gasteiger partial charge in [0.05, 0.1) is 25.7 Å². The molecular formula is C14H16ClN3O3S. The first-order valence-corrected chi connectivity index (χ1v) is 8.04. The Labute approximate surface area is 137 Å². The van der Waals surface area contributed by atoms with Crippen molar-refractivity contribution >= 4 is 40.7 Å². The number of methoxy groups -OCH3 is 1. The lowest BCUT2D eigenvalue weighted by atomic mass is 10.2. The Morgan fingerprint density at radius 3 is 2.95 bits per heavy atom. The highest BCUT2D eigenvalue weighted by Crippen LogP contribution is 2.34. The van der Waals surface area contributed by atoms with Gasteiger partial charge in [0.15, 0.2) is 16.7 Å². The fraction of sp³-hybridized carbons (Fsp3) is 0.357. The third kappa shape index (κ3) is 4.38. The van der Waals surface area contributed by atoms with Gasteiger partial charge in [-0.15, -0.1) is 5.10 Å². The van der Waals surface area contributed by atoms with Crippen LogP contribution < -0.4 is 14.8 Å². The molecule has 1 aromatic carbocycles. The van der Waals surface area contributed by atoms with E-state index >= 15 is 0 Å². The number of rotatable bonds is 6. The molecule has 1 fully saturated rings. The predicted molar refractivity (Wildman–Crippen MR) is 89.4 cm³/mol. The lowest BCUT2D eigenvalue weighted by Gasteiger charge is -2.13. The molecule has 1 aliphatic heterocycles. The van der Waals surface area contributed by atoms with Crippen LogP contribution >= 0.6 is 23.4 Å². The summed E-state index contributed by atoms with van der Waals surface area (Å²) in [4.78, 5) is 11.1. The summed E-state index contributed by atoms with van der Waals surface area (Å²) in [7, 11) is 1.55. The Bertz CT molecular complexity index is 620. The number of halogens is 1. The number of thioether (sulfide) groups is 1. The van der Waals surface area contributed by atoms with Crippen molar-refractivity contribution in [1.29, 1.82) is 0 Å². The minimum Gasteiger partial charge on any atom is -0.493 e. The van der Waals surface area contributed by atoms with Crippen LogP contribution in [0.3, 0.4) is 0 Å². The Morgan fingerprint density at radius 1 is 1.50 bits per heavy atom. The Morgan fingerprint density at radius 2 is 2.32 bits per heavy atom. The first-order chi connectivity index (χ1) is 10.6. The van der Waals surface area contributed by atoms with E-state index in [1.165, 1.54) is 18.0 Å². The molecular weight excluding hydrogens is 326 g/mol. The number of nitrogens with zero attached hydrogens (tertiary/aromatic N) is 2. The standard InChI is InChI=1S/C14H16ClN3O3S/c1-3-4-21-13-9(5-10(15)6-11(13)20-2)7-16-18-14-17-12(19)8-22-14/h5-7H,3-4,8H2,1-2H3,(H,17,18,19). The van der Waals surface area contributed by atoms with Gasteiger partial charge in [0, 0.05) is 16.7 Å². The molecule has 0 spiro atoms. The van der Waals surface area contributed by atoms with Gasteiger partial charge in [-0.05, 0) is 12.5 Å². The van der Waals surface area contributed by atoms with Gasteiger partial charge >= 0.3 is 0 Å². The number of benzene rings is 1. The highest BCUT2D eigenvalue weighted by Gasteiger charge is 2.16. The second-order valence-corrected chi connectivity index (χ2v) is 5.76. The van der Waals surface area contributed by atoms with E-state index in [9.17, 15) is 4.79 Å². The predicted octanol–water partition coefficient (Wildman–Crippen LogP) is 2.69. The highest BCUT2D eigenvalue weighted by atomic mass is 35.5. The third-order valence-electron chi connectivity index (χ3n) is 2.65. The average molecular weight is 342 g/mol. The summed E-state index contributed by atoms with van der Waals surface area (Å²) < 4.78 is 11.0. The smallest absolute Gasteiger partial charge is 0.236 e. The quantitative estimate of drug-likeness (QED) is 0.638. The van der Waals surface area contributed by atoms with E-state index in [4.69, 9.17) is 21.1 Å². The number of amidine groups is 1. The summed E-state index contributed by atoms with van der Waals surface area (Å²) in [5.74, 6) is 1.40. The molecule has 0 saturated carbocycles. The summed E-state index contributed by atoms with van der Waals surface area (Å²) in [6.07, 6.45) is 2.39. The van der Waals surface area contributed by atoms with Crippen molar-refractivity contribution in [1.82, 2.24) is 5.32 Å². The molecule has 0 unspecified atom stereocenters. The van der Waals surface area contributed by atoms with Gasteiger partial charge in [0.1, 0.15) is 0 Å². The molecule has 1 amide bonds.